The summed E-state index contributed by atoms with van der Waals surface area (Å²) in [6, 6.07) is 3.03. The van der Waals surface area contributed by atoms with Crippen molar-refractivity contribution in [1.29, 1.82) is 0 Å². The average molecular weight is 267 g/mol. The molecular weight excluding hydrogens is 255 g/mol. The molecule has 0 spiro atoms. The number of aryl methyl sites for hydroxylation is 3. The first-order chi connectivity index (χ1) is 6.06. The Labute approximate surface area is 109 Å². The fraction of sp³-hybridized carbons (Fsp3) is 0.400. The zero-order valence-corrected chi connectivity index (χ0v) is 11.4. The van der Waals surface area contributed by atoms with E-state index in [0.717, 1.165) is 11.3 Å². The molecule has 4 heteroatoms. The summed E-state index contributed by atoms with van der Waals surface area (Å²) in [5, 5.41) is 8.83. The van der Waals surface area contributed by atoms with E-state index in [2.05, 4.69) is 11.1 Å². The minimum Gasteiger partial charge on any atom is -0.486 e. The summed E-state index contributed by atoms with van der Waals surface area (Å²) in [5.41, 5.74) is 2.46. The molecule has 1 rings (SSSR count). The topological polar surface area (TPSA) is 50.2 Å². The summed E-state index contributed by atoms with van der Waals surface area (Å²) in [4.78, 5) is 14.8. The Balaban J connectivity index is 0.00000169. The quantitative estimate of drug-likeness (QED) is 0.830. The van der Waals surface area contributed by atoms with E-state index in [1.54, 1.807) is 6.92 Å². The third-order valence-electron chi connectivity index (χ3n) is 2.00. The van der Waals surface area contributed by atoms with E-state index >= 15 is 0 Å². The standard InChI is InChI=1S/C10H12NO2.Y/c1-4-8-5-6(2)7(3)11-9(8)10(12)13;/h4H2,1-3H3,(H,12,13);/q-1;+3. The van der Waals surface area contributed by atoms with Crippen molar-refractivity contribution in [3.05, 3.63) is 28.6 Å². The molecule has 1 heterocycles. The van der Waals surface area contributed by atoms with Crippen LogP contribution in [0, 0.1) is 19.9 Å². The maximum absolute atomic E-state index is 10.8. The number of hydrogen-bond acceptors (Lipinski definition) is 2. The number of aromatic nitrogens is 1. The van der Waals surface area contributed by atoms with Gasteiger partial charge in [-0.15, -0.1) is 11.1 Å². The molecule has 0 fully saturated rings. The maximum atomic E-state index is 10.8. The van der Waals surface area contributed by atoms with Crippen molar-refractivity contribution in [2.45, 2.75) is 27.2 Å². The minimum absolute atomic E-state index is 0. The molecule has 0 amide bonds. The van der Waals surface area contributed by atoms with Crippen LogP contribution in [0.4, 0.5) is 0 Å². The van der Waals surface area contributed by atoms with Crippen molar-refractivity contribution in [2.24, 2.45) is 0 Å². The molecule has 0 bridgehead atoms. The number of carboxylic acids is 1. The first-order valence-corrected chi connectivity index (χ1v) is 4.19. The normalized spacial score (nSPS) is 9.36. The van der Waals surface area contributed by atoms with Gasteiger partial charge in [-0.05, 0) is 0 Å². The molecule has 0 radical (unpaired) electrons. The predicted molar refractivity (Wildman–Crippen MR) is 48.9 cm³/mol. The summed E-state index contributed by atoms with van der Waals surface area (Å²) in [7, 11) is 0. The molecule has 1 N–H and O–H groups in total. The van der Waals surface area contributed by atoms with Crippen molar-refractivity contribution in [1.82, 2.24) is 4.98 Å². The molecule has 0 unspecified atom stereocenters. The Morgan fingerprint density at radius 1 is 1.50 bits per heavy atom. The monoisotopic (exact) mass is 267 g/mol. The SMILES string of the molecule is CCc1[c-]c(C)c(C)nc1C(=O)O.[Y+3]. The van der Waals surface area contributed by atoms with Crippen LogP contribution in [0.3, 0.4) is 0 Å². The Morgan fingerprint density at radius 3 is 2.50 bits per heavy atom. The molecule has 14 heavy (non-hydrogen) atoms. The van der Waals surface area contributed by atoms with Gasteiger partial charge in [0.05, 0.1) is 0 Å². The number of rotatable bonds is 2. The van der Waals surface area contributed by atoms with E-state index in [1.807, 2.05) is 13.8 Å². The third kappa shape index (κ3) is 2.86. The van der Waals surface area contributed by atoms with Crippen LogP contribution in [0.1, 0.15) is 34.2 Å². The van der Waals surface area contributed by atoms with Gasteiger partial charge in [0.1, 0.15) is 0 Å². The van der Waals surface area contributed by atoms with Gasteiger partial charge in [-0.1, -0.05) is 32.9 Å². The van der Waals surface area contributed by atoms with E-state index in [9.17, 15) is 4.79 Å². The largest absolute Gasteiger partial charge is 3.00 e. The number of pyridine rings is 1. The zero-order valence-electron chi connectivity index (χ0n) is 8.59. The van der Waals surface area contributed by atoms with Crippen molar-refractivity contribution in [3.63, 3.8) is 0 Å². The minimum atomic E-state index is -0.976. The van der Waals surface area contributed by atoms with Crippen LogP contribution in [0.2, 0.25) is 0 Å². The molecule has 1 aromatic heterocycles. The van der Waals surface area contributed by atoms with Gasteiger partial charge < -0.3 is 10.1 Å². The Bertz CT molecular complexity index is 350. The van der Waals surface area contributed by atoms with Crippen LogP contribution in [0.15, 0.2) is 0 Å². The molecule has 0 saturated heterocycles. The molecule has 0 aliphatic carbocycles. The van der Waals surface area contributed by atoms with Crippen LogP contribution in [0.5, 0.6) is 0 Å². The van der Waals surface area contributed by atoms with Gasteiger partial charge in [0.2, 0.25) is 0 Å². The Kier molecular flexibility index (Phi) is 5.46. The van der Waals surface area contributed by atoms with Gasteiger partial charge in [0.15, 0.2) is 0 Å². The second kappa shape index (κ2) is 5.57. The first kappa shape index (κ1) is 13.7. The third-order valence-corrected chi connectivity index (χ3v) is 2.00. The van der Waals surface area contributed by atoms with Gasteiger partial charge in [0, 0.05) is 5.69 Å². The number of hydrogen-bond donors (Lipinski definition) is 1. The number of aromatic carboxylic acids is 1. The van der Waals surface area contributed by atoms with E-state index in [1.165, 1.54) is 0 Å². The van der Waals surface area contributed by atoms with E-state index in [-0.39, 0.29) is 38.4 Å². The van der Waals surface area contributed by atoms with Gasteiger partial charge in [-0.2, -0.15) is 6.07 Å². The summed E-state index contributed by atoms with van der Waals surface area (Å²) in [6.07, 6.45) is 0.649. The number of nitrogens with zero attached hydrogens (tertiary/aromatic N) is 1. The summed E-state index contributed by atoms with van der Waals surface area (Å²) < 4.78 is 0. The van der Waals surface area contributed by atoms with Crippen LogP contribution in [-0.4, -0.2) is 16.1 Å². The summed E-state index contributed by atoms with van der Waals surface area (Å²) >= 11 is 0. The van der Waals surface area contributed by atoms with Crippen LogP contribution >= 0.6 is 0 Å². The summed E-state index contributed by atoms with van der Waals surface area (Å²) in [5.74, 6) is -0.976. The molecule has 0 aliphatic heterocycles. The number of carboxylic acid groups (broad SMARTS) is 1. The Hall–Kier alpha value is -0.276. The molecule has 0 aliphatic rings. The molecular formula is C10H12NO2Y+2. The average Bonchev–Trinajstić information content (AvgIpc) is 2.08. The van der Waals surface area contributed by atoms with Gasteiger partial charge in [-0.3, -0.25) is 4.79 Å². The molecule has 0 saturated carbocycles. The van der Waals surface area contributed by atoms with Gasteiger partial charge in [-0.25, -0.2) is 0 Å². The van der Waals surface area contributed by atoms with E-state index < -0.39 is 5.97 Å². The molecule has 0 aromatic carbocycles. The zero-order chi connectivity index (χ0) is 10.0. The predicted octanol–water partition coefficient (Wildman–Crippen LogP) is 1.76. The van der Waals surface area contributed by atoms with Crippen molar-refractivity contribution < 1.29 is 42.6 Å². The molecule has 3 nitrogen and oxygen atoms in total. The summed E-state index contributed by atoms with van der Waals surface area (Å²) in [6.45, 7) is 5.57. The van der Waals surface area contributed by atoms with Crippen LogP contribution in [0.25, 0.3) is 0 Å². The van der Waals surface area contributed by atoms with Crippen molar-refractivity contribution in [3.8, 4) is 0 Å². The van der Waals surface area contributed by atoms with Crippen LogP contribution < -0.4 is 0 Å². The molecule has 70 valence electrons. The van der Waals surface area contributed by atoms with Gasteiger partial charge >= 0.3 is 32.7 Å². The molecule has 0 atom stereocenters. The fourth-order valence-corrected chi connectivity index (χ4v) is 1.13. The smallest absolute Gasteiger partial charge is 0.486 e. The van der Waals surface area contributed by atoms with Crippen molar-refractivity contribution in [2.75, 3.05) is 0 Å². The second-order valence-electron chi connectivity index (χ2n) is 2.93. The second-order valence-corrected chi connectivity index (χ2v) is 2.93. The van der Waals surface area contributed by atoms with Crippen LogP contribution in [-0.2, 0) is 39.1 Å². The van der Waals surface area contributed by atoms with Gasteiger partial charge in [0.25, 0.3) is 5.97 Å². The fourth-order valence-electron chi connectivity index (χ4n) is 1.13. The van der Waals surface area contributed by atoms with Crippen molar-refractivity contribution >= 4 is 5.97 Å². The van der Waals surface area contributed by atoms with E-state index in [0.29, 0.717) is 12.0 Å². The maximum Gasteiger partial charge on any atom is 3.00 e. The first-order valence-electron chi connectivity index (χ1n) is 4.19. The Morgan fingerprint density at radius 2 is 2.07 bits per heavy atom. The van der Waals surface area contributed by atoms with E-state index in [4.69, 9.17) is 5.11 Å². The molecule has 1 aromatic rings. The number of carbonyl (C=O) groups is 1.